The number of carbonyl (C=O) groups is 1. The Labute approximate surface area is 137 Å². The van der Waals surface area contributed by atoms with Crippen molar-refractivity contribution >= 4 is 5.91 Å². The van der Waals surface area contributed by atoms with Gasteiger partial charge in [0.25, 0.3) is 5.91 Å². The molecule has 0 aliphatic carbocycles. The second-order valence-electron chi connectivity index (χ2n) is 5.71. The van der Waals surface area contributed by atoms with Crippen LogP contribution in [0.3, 0.4) is 0 Å². The Morgan fingerprint density at radius 1 is 1.30 bits per heavy atom. The highest BCUT2D eigenvalue weighted by Crippen LogP contribution is 2.15. The number of amides is 1. The summed E-state index contributed by atoms with van der Waals surface area (Å²) in [7, 11) is 0. The van der Waals surface area contributed by atoms with E-state index in [0.717, 1.165) is 18.5 Å². The molecule has 6 heteroatoms. The molecule has 0 bridgehead atoms. The minimum atomic E-state index is -0.362. The van der Waals surface area contributed by atoms with Crippen LogP contribution in [0, 0.1) is 0 Å². The zero-order valence-electron chi connectivity index (χ0n) is 14.0. The Morgan fingerprint density at radius 3 is 2.61 bits per heavy atom. The van der Waals surface area contributed by atoms with Crippen molar-refractivity contribution in [3.8, 4) is 5.82 Å². The molecule has 0 atom stereocenters. The van der Waals surface area contributed by atoms with E-state index in [1.807, 2.05) is 39.0 Å². The van der Waals surface area contributed by atoms with E-state index in [4.69, 9.17) is 5.73 Å². The average Bonchev–Trinajstić information content (AvgIpc) is 3.04. The number of rotatable bonds is 7. The lowest BCUT2D eigenvalue weighted by molar-refractivity contribution is 0.0941. The van der Waals surface area contributed by atoms with Crippen LogP contribution in [-0.2, 0) is 6.42 Å². The highest BCUT2D eigenvalue weighted by atomic mass is 16.1. The van der Waals surface area contributed by atoms with Crippen LogP contribution in [0.5, 0.6) is 0 Å². The topological polar surface area (TPSA) is 85.8 Å². The van der Waals surface area contributed by atoms with E-state index in [1.54, 1.807) is 17.1 Å². The lowest BCUT2D eigenvalue weighted by Gasteiger charge is -2.26. The minimum Gasteiger partial charge on any atom is -0.350 e. The summed E-state index contributed by atoms with van der Waals surface area (Å²) in [6.07, 6.45) is 5.63. The van der Waals surface area contributed by atoms with Crippen LogP contribution >= 0.6 is 0 Å². The summed E-state index contributed by atoms with van der Waals surface area (Å²) in [6, 6.07) is 5.62. The summed E-state index contributed by atoms with van der Waals surface area (Å²) < 4.78 is 1.71. The second kappa shape index (κ2) is 7.37. The standard InChI is InChI=1S/C17H25N5O/c1-4-14-13(16(23)20-12-17(18,5-2)6-3)11-21-22(14)15-9-7-8-10-19-15/h7-11H,4-6,12,18H2,1-3H3,(H,20,23). The minimum absolute atomic E-state index is 0.138. The number of nitrogens with zero attached hydrogens (tertiary/aromatic N) is 3. The lowest BCUT2D eigenvalue weighted by Crippen LogP contribution is -2.49. The van der Waals surface area contributed by atoms with Crippen LogP contribution in [0.25, 0.3) is 5.82 Å². The third kappa shape index (κ3) is 3.76. The van der Waals surface area contributed by atoms with Gasteiger partial charge in [-0.15, -0.1) is 0 Å². The van der Waals surface area contributed by atoms with Crippen molar-refractivity contribution in [3.05, 3.63) is 41.9 Å². The number of nitrogens with two attached hydrogens (primary N) is 1. The molecule has 6 nitrogen and oxygen atoms in total. The molecule has 2 aromatic rings. The van der Waals surface area contributed by atoms with Gasteiger partial charge in [-0.25, -0.2) is 9.67 Å². The molecule has 2 rings (SSSR count). The molecule has 23 heavy (non-hydrogen) atoms. The lowest BCUT2D eigenvalue weighted by atomic mass is 9.94. The second-order valence-corrected chi connectivity index (χ2v) is 5.71. The fourth-order valence-electron chi connectivity index (χ4n) is 2.43. The summed E-state index contributed by atoms with van der Waals surface area (Å²) in [5.41, 5.74) is 7.30. The van der Waals surface area contributed by atoms with Crippen LogP contribution in [0.1, 0.15) is 49.7 Å². The van der Waals surface area contributed by atoms with Gasteiger partial charge in [0.15, 0.2) is 5.82 Å². The third-order valence-corrected chi connectivity index (χ3v) is 4.32. The number of hydrogen-bond donors (Lipinski definition) is 2. The van der Waals surface area contributed by atoms with Crippen molar-refractivity contribution < 1.29 is 4.79 Å². The summed E-state index contributed by atoms with van der Waals surface area (Å²) in [5.74, 6) is 0.569. The molecule has 3 N–H and O–H groups in total. The fraction of sp³-hybridized carbons (Fsp3) is 0.471. The van der Waals surface area contributed by atoms with Gasteiger partial charge in [-0.3, -0.25) is 4.79 Å². The Morgan fingerprint density at radius 2 is 2.04 bits per heavy atom. The first-order valence-electron chi connectivity index (χ1n) is 8.10. The maximum Gasteiger partial charge on any atom is 0.254 e. The molecule has 0 saturated heterocycles. The highest BCUT2D eigenvalue weighted by Gasteiger charge is 2.23. The van der Waals surface area contributed by atoms with Gasteiger partial charge in [0.1, 0.15) is 0 Å². The van der Waals surface area contributed by atoms with Gasteiger partial charge >= 0.3 is 0 Å². The molecule has 0 aromatic carbocycles. The van der Waals surface area contributed by atoms with E-state index in [9.17, 15) is 4.79 Å². The molecule has 1 amide bonds. The van der Waals surface area contributed by atoms with Crippen LogP contribution in [0.2, 0.25) is 0 Å². The normalized spacial score (nSPS) is 11.5. The van der Waals surface area contributed by atoms with Crippen LogP contribution < -0.4 is 11.1 Å². The maximum absolute atomic E-state index is 12.5. The molecule has 0 saturated carbocycles. The van der Waals surface area contributed by atoms with E-state index in [0.29, 0.717) is 24.3 Å². The van der Waals surface area contributed by atoms with Crippen molar-refractivity contribution in [2.75, 3.05) is 6.54 Å². The Bertz CT molecular complexity index is 646. The van der Waals surface area contributed by atoms with E-state index < -0.39 is 0 Å². The van der Waals surface area contributed by atoms with Gasteiger partial charge in [-0.2, -0.15) is 5.10 Å². The molecule has 2 aromatic heterocycles. The number of pyridine rings is 1. The van der Waals surface area contributed by atoms with Crippen molar-refractivity contribution in [2.45, 2.75) is 45.6 Å². The highest BCUT2D eigenvalue weighted by molar-refractivity contribution is 5.95. The average molecular weight is 315 g/mol. The summed E-state index contributed by atoms with van der Waals surface area (Å²) in [5, 5.41) is 7.27. The predicted octanol–water partition coefficient (Wildman–Crippen LogP) is 2.08. The molecule has 124 valence electrons. The van der Waals surface area contributed by atoms with Gasteiger partial charge in [-0.05, 0) is 31.4 Å². The van der Waals surface area contributed by atoms with Gasteiger partial charge in [-0.1, -0.05) is 26.8 Å². The van der Waals surface area contributed by atoms with Crippen molar-refractivity contribution in [1.29, 1.82) is 0 Å². The largest absolute Gasteiger partial charge is 0.350 e. The van der Waals surface area contributed by atoms with Gasteiger partial charge in [0.05, 0.1) is 17.5 Å². The van der Waals surface area contributed by atoms with Gasteiger partial charge in [0, 0.05) is 18.3 Å². The SMILES string of the molecule is CCc1c(C(=O)NCC(N)(CC)CC)cnn1-c1ccccn1. The van der Waals surface area contributed by atoms with E-state index in [1.165, 1.54) is 0 Å². The predicted molar refractivity (Wildman–Crippen MR) is 90.6 cm³/mol. The van der Waals surface area contributed by atoms with Crippen LogP contribution in [0.4, 0.5) is 0 Å². The molecule has 2 heterocycles. The molecule has 0 aliphatic heterocycles. The summed E-state index contributed by atoms with van der Waals surface area (Å²) in [6.45, 7) is 6.52. The van der Waals surface area contributed by atoms with E-state index in [2.05, 4.69) is 15.4 Å². The summed E-state index contributed by atoms with van der Waals surface area (Å²) in [4.78, 5) is 16.8. The summed E-state index contributed by atoms with van der Waals surface area (Å²) >= 11 is 0. The first-order chi connectivity index (χ1) is 11.0. The van der Waals surface area contributed by atoms with Crippen LogP contribution in [0.15, 0.2) is 30.6 Å². The van der Waals surface area contributed by atoms with Gasteiger partial charge < -0.3 is 11.1 Å². The Balaban J connectivity index is 2.20. The molecule has 0 spiro atoms. The van der Waals surface area contributed by atoms with Gasteiger partial charge in [0.2, 0.25) is 0 Å². The fourth-order valence-corrected chi connectivity index (χ4v) is 2.43. The molecular formula is C17H25N5O. The smallest absolute Gasteiger partial charge is 0.254 e. The maximum atomic E-state index is 12.5. The first kappa shape index (κ1) is 17.1. The van der Waals surface area contributed by atoms with E-state index >= 15 is 0 Å². The molecular weight excluding hydrogens is 290 g/mol. The third-order valence-electron chi connectivity index (χ3n) is 4.32. The Hall–Kier alpha value is -2.21. The number of nitrogens with one attached hydrogen (secondary N) is 1. The zero-order valence-corrected chi connectivity index (χ0v) is 14.0. The van der Waals surface area contributed by atoms with Crippen molar-refractivity contribution in [1.82, 2.24) is 20.1 Å². The monoisotopic (exact) mass is 315 g/mol. The molecule has 0 radical (unpaired) electrons. The van der Waals surface area contributed by atoms with E-state index in [-0.39, 0.29) is 11.4 Å². The molecule has 0 unspecified atom stereocenters. The van der Waals surface area contributed by atoms with Crippen LogP contribution in [-0.4, -0.2) is 32.8 Å². The molecule has 0 fully saturated rings. The van der Waals surface area contributed by atoms with Crippen molar-refractivity contribution in [3.63, 3.8) is 0 Å². The number of carbonyl (C=O) groups excluding carboxylic acids is 1. The number of aromatic nitrogens is 3. The molecule has 0 aliphatic rings. The quantitative estimate of drug-likeness (QED) is 0.819. The van der Waals surface area contributed by atoms with Crippen molar-refractivity contribution in [2.24, 2.45) is 5.73 Å². The first-order valence-corrected chi connectivity index (χ1v) is 8.10. The number of hydrogen-bond acceptors (Lipinski definition) is 4. The Kier molecular flexibility index (Phi) is 5.50. The zero-order chi connectivity index (χ0) is 16.9.